The number of hydrogen-bond donors (Lipinski definition) is 8. The van der Waals surface area contributed by atoms with E-state index in [0.717, 1.165) is 0 Å². The molecular formula is C19H37N5O6S. The van der Waals surface area contributed by atoms with Crippen LogP contribution in [-0.2, 0) is 19.2 Å². The van der Waals surface area contributed by atoms with Crippen molar-refractivity contribution in [1.82, 2.24) is 16.0 Å². The number of thiol groups is 1. The molecule has 180 valence electrons. The number of carboxylic acids is 1. The Hall–Kier alpha value is -1.89. The van der Waals surface area contributed by atoms with Crippen molar-refractivity contribution in [3.63, 3.8) is 0 Å². The lowest BCUT2D eigenvalue weighted by Crippen LogP contribution is -2.60. The molecule has 31 heavy (non-hydrogen) atoms. The first-order chi connectivity index (χ1) is 14.5. The quantitative estimate of drug-likeness (QED) is 0.104. The van der Waals surface area contributed by atoms with Gasteiger partial charge in [0.25, 0.3) is 0 Å². The van der Waals surface area contributed by atoms with Crippen LogP contribution in [0.5, 0.6) is 0 Å². The van der Waals surface area contributed by atoms with Gasteiger partial charge in [-0.05, 0) is 38.6 Å². The topological polar surface area (TPSA) is 197 Å². The van der Waals surface area contributed by atoms with Gasteiger partial charge in [0.15, 0.2) is 0 Å². The van der Waals surface area contributed by atoms with Gasteiger partial charge < -0.3 is 37.6 Å². The van der Waals surface area contributed by atoms with Crippen molar-refractivity contribution in [1.29, 1.82) is 0 Å². The minimum absolute atomic E-state index is 0.0991. The van der Waals surface area contributed by atoms with Crippen LogP contribution in [0.3, 0.4) is 0 Å². The highest BCUT2D eigenvalue weighted by molar-refractivity contribution is 7.80. The lowest BCUT2D eigenvalue weighted by Gasteiger charge is -2.27. The normalized spacial score (nSPS) is 16.9. The van der Waals surface area contributed by atoms with E-state index in [1.165, 1.54) is 6.92 Å². The standard InChI is InChI=1S/C19H37N5O6S/c1-4-10(2)14(21)17(27)22-12(7-5-6-8-20)16(26)24-15(11(3)25)18(28)23-13(9-31)19(29)30/h10-15,25,31H,4-9,20-21H2,1-3H3,(H,22,27)(H,23,28)(H,24,26)(H,29,30). The molecule has 3 amide bonds. The number of aliphatic hydroxyl groups excluding tert-OH is 1. The molecule has 0 aromatic heterocycles. The first-order valence-electron chi connectivity index (χ1n) is 10.4. The number of unbranched alkanes of at least 4 members (excludes halogenated alkanes) is 1. The van der Waals surface area contributed by atoms with E-state index in [0.29, 0.717) is 25.8 Å². The molecule has 0 rings (SSSR count). The van der Waals surface area contributed by atoms with Crippen LogP contribution in [-0.4, -0.2) is 76.5 Å². The van der Waals surface area contributed by atoms with Crippen molar-refractivity contribution < 1.29 is 29.4 Å². The second-order valence-electron chi connectivity index (χ2n) is 7.57. The third-order valence-electron chi connectivity index (χ3n) is 5.00. The lowest BCUT2D eigenvalue weighted by molar-refractivity contribution is -0.142. The summed E-state index contributed by atoms with van der Waals surface area (Å²) in [6, 6.07) is -4.52. The molecule has 12 heteroatoms. The number of aliphatic hydroxyl groups is 1. The van der Waals surface area contributed by atoms with Crippen LogP contribution < -0.4 is 27.4 Å². The zero-order chi connectivity index (χ0) is 24.1. The molecule has 0 heterocycles. The van der Waals surface area contributed by atoms with Crippen LogP contribution in [0.4, 0.5) is 0 Å². The number of amides is 3. The molecule has 0 saturated carbocycles. The average Bonchev–Trinajstić information content (AvgIpc) is 2.72. The highest BCUT2D eigenvalue weighted by atomic mass is 32.1. The molecule has 0 aromatic carbocycles. The van der Waals surface area contributed by atoms with E-state index in [1.54, 1.807) is 0 Å². The Morgan fingerprint density at radius 1 is 0.968 bits per heavy atom. The zero-order valence-corrected chi connectivity index (χ0v) is 19.2. The first-order valence-corrected chi connectivity index (χ1v) is 11.0. The monoisotopic (exact) mass is 463 g/mol. The molecule has 0 aliphatic heterocycles. The van der Waals surface area contributed by atoms with Crippen LogP contribution >= 0.6 is 12.6 Å². The van der Waals surface area contributed by atoms with E-state index in [1.807, 2.05) is 13.8 Å². The summed E-state index contributed by atoms with van der Waals surface area (Å²) in [7, 11) is 0. The summed E-state index contributed by atoms with van der Waals surface area (Å²) >= 11 is 3.87. The number of rotatable bonds is 15. The maximum Gasteiger partial charge on any atom is 0.327 e. The summed E-state index contributed by atoms with van der Waals surface area (Å²) < 4.78 is 0. The first kappa shape index (κ1) is 29.1. The Bertz CT molecular complexity index is 606. The van der Waals surface area contributed by atoms with Gasteiger partial charge in [0, 0.05) is 5.75 Å². The Balaban J connectivity index is 5.37. The smallest absolute Gasteiger partial charge is 0.327 e. The number of carbonyl (C=O) groups is 4. The number of carbonyl (C=O) groups excluding carboxylic acids is 3. The number of aliphatic carboxylic acids is 1. The SMILES string of the molecule is CCC(C)C(N)C(=O)NC(CCCCN)C(=O)NC(C(=O)NC(CS)C(=O)O)C(C)O. The Labute approximate surface area is 188 Å². The third-order valence-corrected chi connectivity index (χ3v) is 5.36. The lowest BCUT2D eigenvalue weighted by atomic mass is 9.98. The molecule has 0 aliphatic carbocycles. The predicted molar refractivity (Wildman–Crippen MR) is 119 cm³/mol. The van der Waals surface area contributed by atoms with Crippen molar-refractivity contribution >= 4 is 36.3 Å². The molecule has 6 unspecified atom stereocenters. The van der Waals surface area contributed by atoms with Gasteiger partial charge in [-0.25, -0.2) is 4.79 Å². The summed E-state index contributed by atoms with van der Waals surface area (Å²) in [5, 5.41) is 26.2. The highest BCUT2D eigenvalue weighted by Gasteiger charge is 2.32. The van der Waals surface area contributed by atoms with E-state index in [9.17, 15) is 24.3 Å². The van der Waals surface area contributed by atoms with E-state index < -0.39 is 54.0 Å². The van der Waals surface area contributed by atoms with Crippen LogP contribution in [0.15, 0.2) is 0 Å². The molecule has 0 fully saturated rings. The molecule has 11 nitrogen and oxygen atoms in total. The maximum atomic E-state index is 12.8. The van der Waals surface area contributed by atoms with Crippen molar-refractivity contribution in [3.8, 4) is 0 Å². The van der Waals surface area contributed by atoms with Gasteiger partial charge in [0.1, 0.15) is 18.1 Å². The Morgan fingerprint density at radius 2 is 1.55 bits per heavy atom. The van der Waals surface area contributed by atoms with E-state index in [4.69, 9.17) is 16.6 Å². The fourth-order valence-corrected chi connectivity index (χ4v) is 2.90. The molecule has 0 radical (unpaired) electrons. The number of nitrogens with one attached hydrogen (secondary N) is 3. The second-order valence-corrected chi connectivity index (χ2v) is 7.93. The molecule has 0 saturated heterocycles. The number of nitrogens with two attached hydrogens (primary N) is 2. The Morgan fingerprint density at radius 3 is 2.00 bits per heavy atom. The van der Waals surface area contributed by atoms with Crippen molar-refractivity contribution in [2.45, 2.75) is 76.7 Å². The van der Waals surface area contributed by atoms with E-state index in [-0.39, 0.29) is 18.1 Å². The van der Waals surface area contributed by atoms with Crippen LogP contribution in [0.1, 0.15) is 46.5 Å². The maximum absolute atomic E-state index is 12.8. The molecule has 6 atom stereocenters. The van der Waals surface area contributed by atoms with Crippen molar-refractivity contribution in [2.75, 3.05) is 12.3 Å². The van der Waals surface area contributed by atoms with Gasteiger partial charge in [-0.1, -0.05) is 20.3 Å². The summed E-state index contributed by atoms with van der Waals surface area (Å²) in [5.41, 5.74) is 11.4. The van der Waals surface area contributed by atoms with E-state index in [2.05, 4.69) is 28.6 Å². The molecule has 9 N–H and O–H groups in total. The summed E-state index contributed by atoms with van der Waals surface area (Å²) in [5.74, 6) is -3.65. The summed E-state index contributed by atoms with van der Waals surface area (Å²) in [6.07, 6.45) is 0.781. The predicted octanol–water partition coefficient (Wildman–Crippen LogP) is -1.66. The van der Waals surface area contributed by atoms with Crippen LogP contribution in [0.25, 0.3) is 0 Å². The van der Waals surface area contributed by atoms with E-state index >= 15 is 0 Å². The van der Waals surface area contributed by atoms with Crippen molar-refractivity contribution in [3.05, 3.63) is 0 Å². The number of carboxylic acid groups (broad SMARTS) is 1. The molecular weight excluding hydrogens is 426 g/mol. The molecule has 0 bridgehead atoms. The molecule has 0 aromatic rings. The van der Waals surface area contributed by atoms with Gasteiger partial charge in [-0.2, -0.15) is 12.6 Å². The minimum Gasteiger partial charge on any atom is -0.480 e. The average molecular weight is 464 g/mol. The van der Waals surface area contributed by atoms with Gasteiger partial charge in [0.05, 0.1) is 12.1 Å². The number of hydrogen-bond acceptors (Lipinski definition) is 8. The van der Waals surface area contributed by atoms with Crippen LogP contribution in [0, 0.1) is 5.92 Å². The highest BCUT2D eigenvalue weighted by Crippen LogP contribution is 2.08. The molecule has 0 spiro atoms. The third kappa shape index (κ3) is 10.3. The second kappa shape index (κ2) is 15.0. The van der Waals surface area contributed by atoms with Crippen LogP contribution in [0.2, 0.25) is 0 Å². The zero-order valence-electron chi connectivity index (χ0n) is 18.3. The van der Waals surface area contributed by atoms with Gasteiger partial charge in [-0.3, -0.25) is 14.4 Å². The van der Waals surface area contributed by atoms with Crippen molar-refractivity contribution in [2.24, 2.45) is 17.4 Å². The fourth-order valence-electron chi connectivity index (χ4n) is 2.65. The van der Waals surface area contributed by atoms with Gasteiger partial charge in [0.2, 0.25) is 17.7 Å². The fraction of sp³-hybridized carbons (Fsp3) is 0.789. The summed E-state index contributed by atoms with van der Waals surface area (Å²) in [4.78, 5) is 48.8. The molecule has 0 aliphatic rings. The Kier molecular flexibility index (Phi) is 14.1. The summed E-state index contributed by atoms with van der Waals surface area (Å²) in [6.45, 7) is 5.40. The minimum atomic E-state index is -1.42. The van der Waals surface area contributed by atoms with Gasteiger partial charge >= 0.3 is 5.97 Å². The van der Waals surface area contributed by atoms with Gasteiger partial charge in [-0.15, -0.1) is 0 Å². The largest absolute Gasteiger partial charge is 0.480 e.